The number of methoxy groups -OCH3 is 1. The minimum atomic E-state index is -0.494. The van der Waals surface area contributed by atoms with Crippen molar-refractivity contribution in [3.8, 4) is 0 Å². The average Bonchev–Trinajstić information content (AvgIpc) is 3.16. The zero-order valence-corrected chi connectivity index (χ0v) is 18.2. The molecule has 0 bridgehead atoms. The first-order chi connectivity index (χ1) is 13.3. The Balaban J connectivity index is 1.98. The maximum atomic E-state index is 12.5. The van der Waals surface area contributed by atoms with Crippen molar-refractivity contribution < 1.29 is 14.3 Å². The molecule has 6 nitrogen and oxygen atoms in total. The second-order valence-electron chi connectivity index (χ2n) is 6.93. The fourth-order valence-corrected chi connectivity index (χ4v) is 5.05. The predicted molar refractivity (Wildman–Crippen MR) is 117 cm³/mol. The van der Waals surface area contributed by atoms with Gasteiger partial charge in [0.25, 0.3) is 5.91 Å². The van der Waals surface area contributed by atoms with Crippen molar-refractivity contribution in [1.29, 1.82) is 0 Å². The summed E-state index contributed by atoms with van der Waals surface area (Å²) in [5.74, 6) is -0.654. The molecular weight excluding hydrogens is 394 g/mol. The molecule has 148 valence electrons. The van der Waals surface area contributed by atoms with Gasteiger partial charge in [0.1, 0.15) is 5.00 Å². The highest BCUT2D eigenvalue weighted by molar-refractivity contribution is 7.80. The molecule has 3 rings (SSSR count). The third kappa shape index (κ3) is 3.49. The molecule has 1 aliphatic rings. The van der Waals surface area contributed by atoms with E-state index in [0.717, 1.165) is 12.1 Å². The highest BCUT2D eigenvalue weighted by Gasteiger charge is 2.31. The standard InChI is InChI=1S/C20H23N3O3S2/c1-11-10-13-8-6-7-9-14(13)23(11)20(27)21-17-15(19(25)26-5)12(2)16(28-17)18(24)22(3)4/h6-9,11H,10H2,1-5H3,(H,21,27)/t11-/m1/s1. The molecule has 1 N–H and O–H groups in total. The van der Waals surface area contributed by atoms with Gasteiger partial charge in [-0.15, -0.1) is 11.3 Å². The number of benzene rings is 1. The number of ether oxygens (including phenoxy) is 1. The zero-order chi connectivity index (χ0) is 20.6. The van der Waals surface area contributed by atoms with Crippen LogP contribution in [0.4, 0.5) is 10.7 Å². The fourth-order valence-electron chi connectivity index (χ4n) is 3.39. The topological polar surface area (TPSA) is 61.9 Å². The lowest BCUT2D eigenvalue weighted by Crippen LogP contribution is -2.38. The molecule has 28 heavy (non-hydrogen) atoms. The first kappa shape index (κ1) is 20.3. The molecule has 0 saturated heterocycles. The minimum absolute atomic E-state index is 0.161. The normalized spacial score (nSPS) is 15.2. The number of nitrogens with one attached hydrogen (secondary N) is 1. The van der Waals surface area contributed by atoms with Crippen LogP contribution in [0.3, 0.4) is 0 Å². The van der Waals surface area contributed by atoms with Gasteiger partial charge < -0.3 is 19.9 Å². The number of amides is 1. The number of anilines is 2. The Morgan fingerprint density at radius 2 is 2.00 bits per heavy atom. The Labute approximate surface area is 174 Å². The molecular formula is C20H23N3O3S2. The van der Waals surface area contributed by atoms with E-state index in [1.54, 1.807) is 21.0 Å². The maximum absolute atomic E-state index is 12.5. The fraction of sp³-hybridized carbons (Fsp3) is 0.350. The molecule has 0 unspecified atom stereocenters. The van der Waals surface area contributed by atoms with Gasteiger partial charge in [0, 0.05) is 25.8 Å². The van der Waals surface area contributed by atoms with Gasteiger partial charge in [-0.2, -0.15) is 0 Å². The van der Waals surface area contributed by atoms with E-state index in [0.29, 0.717) is 26.1 Å². The molecule has 1 aromatic heterocycles. The maximum Gasteiger partial charge on any atom is 0.341 e. The minimum Gasteiger partial charge on any atom is -0.465 e. The largest absolute Gasteiger partial charge is 0.465 e. The molecule has 0 fully saturated rings. The zero-order valence-electron chi connectivity index (χ0n) is 16.5. The predicted octanol–water partition coefficient (Wildman–Crippen LogP) is 3.69. The van der Waals surface area contributed by atoms with E-state index in [1.165, 1.54) is 28.9 Å². The average molecular weight is 418 g/mol. The van der Waals surface area contributed by atoms with Crippen molar-refractivity contribution in [2.24, 2.45) is 0 Å². The number of carbonyl (C=O) groups excluding carboxylic acids is 2. The Morgan fingerprint density at radius 3 is 2.64 bits per heavy atom. The second-order valence-corrected chi connectivity index (χ2v) is 8.34. The van der Waals surface area contributed by atoms with Gasteiger partial charge in [-0.3, -0.25) is 4.79 Å². The summed E-state index contributed by atoms with van der Waals surface area (Å²) in [5, 5.41) is 4.22. The van der Waals surface area contributed by atoms with Crippen molar-refractivity contribution in [1.82, 2.24) is 4.90 Å². The number of nitrogens with zero attached hydrogens (tertiary/aromatic N) is 2. The summed E-state index contributed by atoms with van der Waals surface area (Å²) in [7, 11) is 4.69. The van der Waals surface area contributed by atoms with E-state index in [9.17, 15) is 9.59 Å². The molecule has 8 heteroatoms. The molecule has 0 saturated carbocycles. The molecule has 1 aliphatic heterocycles. The number of hydrogen-bond acceptors (Lipinski definition) is 5. The van der Waals surface area contributed by atoms with Crippen LogP contribution in [0.15, 0.2) is 24.3 Å². The SMILES string of the molecule is COC(=O)c1c(NC(=S)N2c3ccccc3C[C@H]2C)sc(C(=O)N(C)C)c1C. The van der Waals surface area contributed by atoms with E-state index >= 15 is 0 Å². The van der Waals surface area contributed by atoms with Crippen LogP contribution in [0.1, 0.15) is 38.1 Å². The molecule has 0 radical (unpaired) electrons. The lowest BCUT2D eigenvalue weighted by Gasteiger charge is -2.26. The van der Waals surface area contributed by atoms with E-state index in [2.05, 4.69) is 18.3 Å². The molecule has 1 amide bonds. The summed E-state index contributed by atoms with van der Waals surface area (Å²) in [5.41, 5.74) is 3.24. The smallest absolute Gasteiger partial charge is 0.341 e. The first-order valence-electron chi connectivity index (χ1n) is 8.87. The Morgan fingerprint density at radius 1 is 1.32 bits per heavy atom. The summed E-state index contributed by atoms with van der Waals surface area (Å²) in [6, 6.07) is 8.33. The van der Waals surface area contributed by atoms with Crippen LogP contribution in [0, 0.1) is 6.92 Å². The van der Waals surface area contributed by atoms with Crippen LogP contribution in [-0.4, -0.2) is 49.1 Å². The number of para-hydroxylation sites is 1. The van der Waals surface area contributed by atoms with E-state index in [1.807, 2.05) is 23.1 Å². The number of thiophene rings is 1. The molecule has 0 aliphatic carbocycles. The Bertz CT molecular complexity index is 952. The first-order valence-corrected chi connectivity index (χ1v) is 10.1. The molecule has 1 aromatic carbocycles. The van der Waals surface area contributed by atoms with E-state index < -0.39 is 5.97 Å². The van der Waals surface area contributed by atoms with Crippen LogP contribution in [0.2, 0.25) is 0 Å². The van der Waals surface area contributed by atoms with Crippen molar-refractivity contribution in [2.75, 3.05) is 31.4 Å². The van der Waals surface area contributed by atoms with E-state index in [4.69, 9.17) is 17.0 Å². The van der Waals surface area contributed by atoms with Crippen molar-refractivity contribution in [3.63, 3.8) is 0 Å². The van der Waals surface area contributed by atoms with E-state index in [-0.39, 0.29) is 11.9 Å². The van der Waals surface area contributed by atoms with Crippen LogP contribution >= 0.6 is 23.6 Å². The van der Waals surface area contributed by atoms with Gasteiger partial charge in [-0.05, 0) is 49.7 Å². The molecule has 2 aromatic rings. The van der Waals surface area contributed by atoms with Crippen LogP contribution in [0.25, 0.3) is 0 Å². The van der Waals surface area contributed by atoms with Crippen LogP contribution < -0.4 is 10.2 Å². The summed E-state index contributed by atoms with van der Waals surface area (Å²) in [6.45, 7) is 3.86. The summed E-state index contributed by atoms with van der Waals surface area (Å²) in [6.07, 6.45) is 0.898. The van der Waals surface area contributed by atoms with Crippen molar-refractivity contribution in [2.45, 2.75) is 26.3 Å². The van der Waals surface area contributed by atoms with Gasteiger partial charge >= 0.3 is 5.97 Å². The van der Waals surface area contributed by atoms with Gasteiger partial charge in [-0.25, -0.2) is 4.79 Å². The number of esters is 1. The van der Waals surface area contributed by atoms with Crippen molar-refractivity contribution in [3.05, 3.63) is 45.8 Å². The van der Waals surface area contributed by atoms with Gasteiger partial charge in [0.15, 0.2) is 5.11 Å². The van der Waals surface area contributed by atoms with Crippen LogP contribution in [-0.2, 0) is 11.2 Å². The third-order valence-corrected chi connectivity index (χ3v) is 6.28. The summed E-state index contributed by atoms with van der Waals surface area (Å²) >= 11 is 6.89. The molecule has 0 spiro atoms. The number of rotatable bonds is 3. The Hall–Kier alpha value is -2.45. The quantitative estimate of drug-likeness (QED) is 0.607. The van der Waals surface area contributed by atoms with Gasteiger partial charge in [0.05, 0.1) is 17.6 Å². The number of fused-ring (bicyclic) bond motifs is 1. The highest BCUT2D eigenvalue weighted by atomic mass is 32.1. The monoisotopic (exact) mass is 417 g/mol. The van der Waals surface area contributed by atoms with Crippen LogP contribution in [0.5, 0.6) is 0 Å². The Kier molecular flexibility index (Phi) is 5.71. The summed E-state index contributed by atoms with van der Waals surface area (Å²) < 4.78 is 4.94. The van der Waals surface area contributed by atoms with Gasteiger partial charge in [0.2, 0.25) is 0 Å². The van der Waals surface area contributed by atoms with Crippen molar-refractivity contribution >= 4 is 51.2 Å². The molecule has 2 heterocycles. The number of thiocarbonyl (C=S) groups is 1. The number of hydrogen-bond donors (Lipinski definition) is 1. The second kappa shape index (κ2) is 7.89. The summed E-state index contributed by atoms with van der Waals surface area (Å²) in [4.78, 5) is 28.9. The van der Waals surface area contributed by atoms with Gasteiger partial charge in [-0.1, -0.05) is 18.2 Å². The number of carbonyl (C=O) groups is 2. The third-order valence-electron chi connectivity index (χ3n) is 4.78. The lowest BCUT2D eigenvalue weighted by atomic mass is 10.1. The molecule has 1 atom stereocenters. The highest BCUT2D eigenvalue weighted by Crippen LogP contribution is 2.37. The lowest BCUT2D eigenvalue weighted by molar-refractivity contribution is 0.0601.